The van der Waals surface area contributed by atoms with Crippen molar-refractivity contribution in [1.82, 2.24) is 20.1 Å². The Morgan fingerprint density at radius 2 is 2.53 bits per heavy atom. The van der Waals surface area contributed by atoms with Gasteiger partial charge in [0.1, 0.15) is 17.7 Å². The van der Waals surface area contributed by atoms with Gasteiger partial charge in [-0.15, -0.1) is 0 Å². The Morgan fingerprint density at radius 1 is 1.71 bits per heavy atom. The van der Waals surface area contributed by atoms with Crippen molar-refractivity contribution in [2.24, 2.45) is 0 Å². The molecule has 17 heavy (non-hydrogen) atoms. The number of nitrogens with one attached hydrogen (secondary N) is 1. The van der Waals surface area contributed by atoms with Crippen molar-refractivity contribution < 1.29 is 9.90 Å². The molecule has 2 rings (SSSR count). The van der Waals surface area contributed by atoms with E-state index in [2.05, 4.69) is 22.3 Å². The molecule has 1 unspecified atom stereocenters. The summed E-state index contributed by atoms with van der Waals surface area (Å²) in [4.78, 5) is 15.6. The van der Waals surface area contributed by atoms with E-state index >= 15 is 0 Å². The fraction of sp³-hybridized carbons (Fsp3) is 0.727. The van der Waals surface area contributed by atoms with E-state index in [0.717, 1.165) is 31.8 Å². The Kier molecular flexibility index (Phi) is 3.42. The largest absolute Gasteiger partial charge is 0.480 e. The Hall–Kier alpha value is -1.43. The first-order valence-corrected chi connectivity index (χ1v) is 6.03. The summed E-state index contributed by atoms with van der Waals surface area (Å²) in [6.07, 6.45) is 4.41. The summed E-state index contributed by atoms with van der Waals surface area (Å²) >= 11 is 0. The summed E-state index contributed by atoms with van der Waals surface area (Å²) in [5.74, 6) is -0.0373. The fourth-order valence-corrected chi connectivity index (χ4v) is 2.31. The van der Waals surface area contributed by atoms with E-state index in [4.69, 9.17) is 0 Å². The van der Waals surface area contributed by atoms with Crippen molar-refractivity contribution in [2.75, 3.05) is 6.54 Å². The van der Waals surface area contributed by atoms with Crippen LogP contribution >= 0.6 is 0 Å². The van der Waals surface area contributed by atoms with Gasteiger partial charge in [-0.3, -0.25) is 9.48 Å². The molecule has 2 heterocycles. The van der Waals surface area contributed by atoms with Gasteiger partial charge in [-0.25, -0.2) is 4.98 Å². The molecule has 2 N–H and O–H groups in total. The van der Waals surface area contributed by atoms with Crippen LogP contribution in [0.15, 0.2) is 6.33 Å². The van der Waals surface area contributed by atoms with Crippen LogP contribution in [0.2, 0.25) is 0 Å². The molecular formula is C11H18N4O2. The van der Waals surface area contributed by atoms with Gasteiger partial charge in [0, 0.05) is 13.0 Å². The van der Waals surface area contributed by atoms with Gasteiger partial charge in [0.05, 0.1) is 0 Å². The lowest BCUT2D eigenvalue weighted by Crippen LogP contribution is -2.50. The van der Waals surface area contributed by atoms with Crippen LogP contribution in [0.4, 0.5) is 0 Å². The highest BCUT2D eigenvalue weighted by Gasteiger charge is 2.42. The van der Waals surface area contributed by atoms with Gasteiger partial charge in [0.2, 0.25) is 0 Å². The minimum absolute atomic E-state index is 0.405. The van der Waals surface area contributed by atoms with E-state index in [9.17, 15) is 9.90 Å². The molecule has 1 aliphatic rings. The molecule has 94 valence electrons. The lowest BCUT2D eigenvalue weighted by atomic mass is 9.93. The highest BCUT2D eigenvalue weighted by Crippen LogP contribution is 2.23. The SMILES string of the molecule is CCCn1ncnc1CC1(C(=O)O)CCCN1. The molecule has 0 radical (unpaired) electrons. The van der Waals surface area contributed by atoms with Crippen LogP contribution in [0.25, 0.3) is 0 Å². The molecule has 0 bridgehead atoms. The van der Waals surface area contributed by atoms with Crippen LogP contribution in [0.1, 0.15) is 32.0 Å². The molecule has 1 fully saturated rings. The predicted octanol–water partition coefficient (Wildman–Crippen LogP) is 0.437. The third kappa shape index (κ3) is 2.31. The predicted molar refractivity (Wildman–Crippen MR) is 61.6 cm³/mol. The lowest BCUT2D eigenvalue weighted by molar-refractivity contribution is -0.144. The molecule has 1 saturated heterocycles. The molecule has 1 atom stereocenters. The number of carbonyl (C=O) groups is 1. The Labute approximate surface area is 100 Å². The summed E-state index contributed by atoms with van der Waals surface area (Å²) in [6, 6.07) is 0. The van der Waals surface area contributed by atoms with Gasteiger partial charge in [-0.05, 0) is 25.8 Å². The molecular weight excluding hydrogens is 220 g/mol. The second-order valence-electron chi connectivity index (χ2n) is 4.49. The van der Waals surface area contributed by atoms with Crippen molar-refractivity contribution in [1.29, 1.82) is 0 Å². The number of rotatable bonds is 5. The van der Waals surface area contributed by atoms with Crippen LogP contribution in [0, 0.1) is 0 Å². The normalized spacial score (nSPS) is 24.1. The number of aliphatic carboxylic acids is 1. The van der Waals surface area contributed by atoms with E-state index in [-0.39, 0.29) is 0 Å². The first-order chi connectivity index (χ1) is 8.18. The molecule has 1 aromatic rings. The summed E-state index contributed by atoms with van der Waals surface area (Å²) in [5, 5.41) is 16.6. The van der Waals surface area contributed by atoms with Crippen LogP contribution in [-0.2, 0) is 17.8 Å². The van der Waals surface area contributed by atoms with Gasteiger partial charge in [-0.2, -0.15) is 5.10 Å². The van der Waals surface area contributed by atoms with Gasteiger partial charge in [0.15, 0.2) is 0 Å². The molecule has 0 aromatic carbocycles. The molecule has 1 aromatic heterocycles. The standard InChI is InChI=1S/C11H18N4O2/c1-2-6-15-9(12-8-14-15)7-11(10(16)17)4-3-5-13-11/h8,13H,2-7H2,1H3,(H,16,17). The number of hydrogen-bond acceptors (Lipinski definition) is 4. The number of carboxylic acid groups (broad SMARTS) is 1. The van der Waals surface area contributed by atoms with Crippen LogP contribution < -0.4 is 5.32 Å². The maximum absolute atomic E-state index is 11.4. The first-order valence-electron chi connectivity index (χ1n) is 6.03. The quantitative estimate of drug-likeness (QED) is 0.778. The van der Waals surface area contributed by atoms with E-state index in [0.29, 0.717) is 12.8 Å². The minimum atomic E-state index is -0.849. The highest BCUT2D eigenvalue weighted by molar-refractivity contribution is 5.79. The maximum atomic E-state index is 11.4. The maximum Gasteiger partial charge on any atom is 0.324 e. The monoisotopic (exact) mass is 238 g/mol. The first kappa shape index (κ1) is 12.0. The third-order valence-corrected chi connectivity index (χ3v) is 3.24. The number of carboxylic acids is 1. The third-order valence-electron chi connectivity index (χ3n) is 3.24. The number of hydrogen-bond donors (Lipinski definition) is 2. The molecule has 0 spiro atoms. The van der Waals surface area contributed by atoms with Gasteiger partial charge < -0.3 is 10.4 Å². The van der Waals surface area contributed by atoms with Crippen molar-refractivity contribution in [3.05, 3.63) is 12.2 Å². The van der Waals surface area contributed by atoms with Gasteiger partial charge in [-0.1, -0.05) is 6.92 Å². The van der Waals surface area contributed by atoms with E-state index in [1.54, 1.807) is 4.68 Å². The van der Waals surface area contributed by atoms with E-state index in [1.807, 2.05) is 0 Å². The molecule has 0 amide bonds. The van der Waals surface area contributed by atoms with Crippen molar-refractivity contribution >= 4 is 5.97 Å². The second kappa shape index (κ2) is 4.83. The fourth-order valence-electron chi connectivity index (χ4n) is 2.31. The number of aromatic nitrogens is 3. The summed E-state index contributed by atoms with van der Waals surface area (Å²) in [7, 11) is 0. The zero-order chi connectivity index (χ0) is 12.3. The zero-order valence-corrected chi connectivity index (χ0v) is 10.0. The summed E-state index contributed by atoms with van der Waals surface area (Å²) in [6.45, 7) is 3.60. The molecule has 6 nitrogen and oxygen atoms in total. The van der Waals surface area contributed by atoms with Crippen molar-refractivity contribution in [2.45, 2.75) is 44.7 Å². The Bertz CT molecular complexity index is 396. The number of aryl methyl sites for hydroxylation is 1. The van der Waals surface area contributed by atoms with Crippen LogP contribution in [-0.4, -0.2) is 37.9 Å². The molecule has 0 aliphatic carbocycles. The minimum Gasteiger partial charge on any atom is -0.480 e. The summed E-state index contributed by atoms with van der Waals surface area (Å²) < 4.78 is 1.80. The van der Waals surface area contributed by atoms with Gasteiger partial charge in [0.25, 0.3) is 0 Å². The summed E-state index contributed by atoms with van der Waals surface area (Å²) in [5.41, 5.74) is -0.849. The molecule has 1 aliphatic heterocycles. The van der Waals surface area contributed by atoms with Crippen molar-refractivity contribution in [3.8, 4) is 0 Å². The second-order valence-corrected chi connectivity index (χ2v) is 4.49. The van der Waals surface area contributed by atoms with Crippen LogP contribution in [0.5, 0.6) is 0 Å². The molecule has 6 heteroatoms. The Balaban J connectivity index is 2.17. The smallest absolute Gasteiger partial charge is 0.324 e. The molecule has 0 saturated carbocycles. The lowest BCUT2D eigenvalue weighted by Gasteiger charge is -2.23. The number of nitrogens with zero attached hydrogens (tertiary/aromatic N) is 3. The van der Waals surface area contributed by atoms with Gasteiger partial charge >= 0.3 is 5.97 Å². The highest BCUT2D eigenvalue weighted by atomic mass is 16.4. The van der Waals surface area contributed by atoms with Crippen molar-refractivity contribution in [3.63, 3.8) is 0 Å². The average molecular weight is 238 g/mol. The zero-order valence-electron chi connectivity index (χ0n) is 10.0. The van der Waals surface area contributed by atoms with E-state index < -0.39 is 11.5 Å². The van der Waals surface area contributed by atoms with E-state index in [1.165, 1.54) is 6.33 Å². The van der Waals surface area contributed by atoms with Crippen LogP contribution in [0.3, 0.4) is 0 Å². The topological polar surface area (TPSA) is 80.0 Å². The average Bonchev–Trinajstić information content (AvgIpc) is 2.91. The Morgan fingerprint density at radius 3 is 3.12 bits per heavy atom.